The summed E-state index contributed by atoms with van der Waals surface area (Å²) in [6.45, 7) is 4.54. The summed E-state index contributed by atoms with van der Waals surface area (Å²) in [5.74, 6) is -0.00311. The summed E-state index contributed by atoms with van der Waals surface area (Å²) in [4.78, 5) is 12.3. The molecule has 3 aromatic rings. The molecule has 0 bridgehead atoms. The summed E-state index contributed by atoms with van der Waals surface area (Å²) in [6.07, 6.45) is 0. The van der Waals surface area contributed by atoms with Gasteiger partial charge < -0.3 is 10.6 Å². The number of hydrogen-bond donors (Lipinski definition) is 2. The molecule has 0 saturated carbocycles. The number of halogens is 1. The van der Waals surface area contributed by atoms with Gasteiger partial charge >= 0.3 is 0 Å². The lowest BCUT2D eigenvalue weighted by molar-refractivity contribution is -0.682. The van der Waals surface area contributed by atoms with E-state index in [2.05, 4.69) is 69.9 Å². The van der Waals surface area contributed by atoms with Crippen LogP contribution in [0, 0.1) is 6.92 Å². The van der Waals surface area contributed by atoms with Crippen molar-refractivity contribution in [2.45, 2.75) is 19.9 Å². The smallest absolute Gasteiger partial charge is 0.279 e. The van der Waals surface area contributed by atoms with Gasteiger partial charge in [0.1, 0.15) is 6.04 Å². The first-order chi connectivity index (χ1) is 12.0. The van der Waals surface area contributed by atoms with Crippen LogP contribution in [0.2, 0.25) is 0 Å². The van der Waals surface area contributed by atoms with Crippen molar-refractivity contribution >= 4 is 38.3 Å². The molecule has 128 valence electrons. The third-order valence-electron chi connectivity index (χ3n) is 4.37. The second-order valence-corrected chi connectivity index (χ2v) is 7.18. The van der Waals surface area contributed by atoms with Gasteiger partial charge in [0.25, 0.3) is 5.91 Å². The summed E-state index contributed by atoms with van der Waals surface area (Å²) in [6, 6.07) is 20.8. The Hall–Kier alpha value is -2.17. The highest BCUT2D eigenvalue weighted by Crippen LogP contribution is 2.23. The van der Waals surface area contributed by atoms with E-state index in [1.54, 1.807) is 0 Å². The van der Waals surface area contributed by atoms with Crippen LogP contribution in [0.25, 0.3) is 10.8 Å². The fourth-order valence-electron chi connectivity index (χ4n) is 2.98. The Morgan fingerprint density at radius 2 is 1.88 bits per heavy atom. The van der Waals surface area contributed by atoms with Crippen molar-refractivity contribution in [1.29, 1.82) is 0 Å². The maximum atomic E-state index is 12.3. The number of hydrogen-bond acceptors (Lipinski definition) is 1. The number of rotatable bonds is 5. The standard InChI is InChI=1S/C21H21BrN2O/c1-14-10-11-20(19(22)12-14)24-21(25)13-23-15(2)17-9-5-7-16-6-3-4-8-18(16)17/h3-12,15,23H,13H2,1-2H3,(H,24,25)/p+1/t15-/m0/s1. The van der Waals surface area contributed by atoms with Crippen LogP contribution in [0.5, 0.6) is 0 Å². The minimum absolute atomic E-state index is 0.00311. The van der Waals surface area contributed by atoms with Crippen LogP contribution in [-0.2, 0) is 4.79 Å². The first-order valence-electron chi connectivity index (χ1n) is 8.41. The van der Waals surface area contributed by atoms with Crippen LogP contribution in [0.1, 0.15) is 24.1 Å². The first-order valence-corrected chi connectivity index (χ1v) is 9.21. The first kappa shape index (κ1) is 17.6. The Kier molecular flexibility index (Phi) is 5.51. The number of carbonyl (C=O) groups excluding carboxylic acids is 1. The van der Waals surface area contributed by atoms with E-state index >= 15 is 0 Å². The summed E-state index contributed by atoms with van der Waals surface area (Å²) >= 11 is 3.49. The molecule has 0 aliphatic rings. The molecular weight excluding hydrogens is 376 g/mol. The van der Waals surface area contributed by atoms with Crippen molar-refractivity contribution in [1.82, 2.24) is 0 Å². The quantitative estimate of drug-likeness (QED) is 0.666. The number of nitrogens with one attached hydrogen (secondary N) is 1. The van der Waals surface area contributed by atoms with E-state index in [-0.39, 0.29) is 11.9 Å². The molecule has 0 aliphatic heterocycles. The molecule has 0 spiro atoms. The summed E-state index contributed by atoms with van der Waals surface area (Å²) < 4.78 is 0.906. The number of fused-ring (bicyclic) bond motifs is 1. The lowest BCUT2D eigenvalue weighted by Crippen LogP contribution is -2.86. The molecule has 0 aliphatic carbocycles. The largest absolute Gasteiger partial charge is 0.332 e. The molecule has 0 radical (unpaired) electrons. The van der Waals surface area contributed by atoms with Crippen molar-refractivity contribution in [3.8, 4) is 0 Å². The Labute approximate surface area is 156 Å². The zero-order chi connectivity index (χ0) is 17.8. The SMILES string of the molecule is Cc1ccc(NC(=O)C[NH2+][C@@H](C)c2cccc3ccccc23)c(Br)c1. The van der Waals surface area contributed by atoms with E-state index in [0.29, 0.717) is 6.54 Å². The zero-order valence-electron chi connectivity index (χ0n) is 14.4. The maximum Gasteiger partial charge on any atom is 0.279 e. The number of amides is 1. The number of aryl methyl sites for hydroxylation is 1. The predicted octanol–water partition coefficient (Wildman–Crippen LogP) is 4.17. The predicted molar refractivity (Wildman–Crippen MR) is 107 cm³/mol. The van der Waals surface area contributed by atoms with Gasteiger partial charge in [-0.3, -0.25) is 4.79 Å². The lowest BCUT2D eigenvalue weighted by atomic mass is 10.00. The van der Waals surface area contributed by atoms with Gasteiger partial charge in [0.15, 0.2) is 6.54 Å². The zero-order valence-corrected chi connectivity index (χ0v) is 16.0. The third kappa shape index (κ3) is 4.27. The van der Waals surface area contributed by atoms with Gasteiger partial charge in [0.2, 0.25) is 0 Å². The molecule has 0 aromatic heterocycles. The Bertz CT molecular complexity index is 902. The minimum Gasteiger partial charge on any atom is -0.332 e. The monoisotopic (exact) mass is 397 g/mol. The van der Waals surface area contributed by atoms with Crippen molar-refractivity contribution in [3.05, 3.63) is 76.3 Å². The summed E-state index contributed by atoms with van der Waals surface area (Å²) in [5, 5.41) is 7.51. The molecule has 25 heavy (non-hydrogen) atoms. The van der Waals surface area contributed by atoms with Crippen LogP contribution in [0.4, 0.5) is 5.69 Å². The van der Waals surface area contributed by atoms with E-state index in [1.165, 1.54) is 16.3 Å². The molecule has 0 heterocycles. The number of nitrogens with two attached hydrogens (primary N) is 1. The van der Waals surface area contributed by atoms with E-state index < -0.39 is 0 Å². The van der Waals surface area contributed by atoms with E-state index in [9.17, 15) is 4.79 Å². The summed E-state index contributed by atoms with van der Waals surface area (Å²) in [7, 11) is 0. The minimum atomic E-state index is -0.00311. The van der Waals surface area contributed by atoms with Crippen molar-refractivity contribution < 1.29 is 10.1 Å². The van der Waals surface area contributed by atoms with E-state index in [0.717, 1.165) is 15.7 Å². The van der Waals surface area contributed by atoms with Crippen LogP contribution >= 0.6 is 15.9 Å². The highest BCUT2D eigenvalue weighted by Gasteiger charge is 2.14. The van der Waals surface area contributed by atoms with Crippen LogP contribution in [0.3, 0.4) is 0 Å². The Morgan fingerprint density at radius 1 is 1.12 bits per heavy atom. The van der Waals surface area contributed by atoms with Crippen molar-refractivity contribution in [2.75, 3.05) is 11.9 Å². The van der Waals surface area contributed by atoms with E-state index in [1.807, 2.05) is 31.2 Å². The number of carbonyl (C=O) groups is 1. The molecule has 3 aromatic carbocycles. The molecule has 1 amide bonds. The summed E-state index contributed by atoms with van der Waals surface area (Å²) in [5.41, 5.74) is 3.21. The maximum absolute atomic E-state index is 12.3. The number of quaternary nitrogens is 1. The highest BCUT2D eigenvalue weighted by atomic mass is 79.9. The Balaban J connectivity index is 1.65. The molecule has 3 nitrogen and oxygen atoms in total. The molecule has 3 N–H and O–H groups in total. The van der Waals surface area contributed by atoms with Crippen LogP contribution in [-0.4, -0.2) is 12.5 Å². The second-order valence-electron chi connectivity index (χ2n) is 6.33. The second kappa shape index (κ2) is 7.81. The Morgan fingerprint density at radius 3 is 2.68 bits per heavy atom. The fraction of sp³-hybridized carbons (Fsp3) is 0.190. The van der Waals surface area contributed by atoms with Gasteiger partial charge in [0, 0.05) is 10.0 Å². The molecule has 0 saturated heterocycles. The molecule has 4 heteroatoms. The van der Waals surface area contributed by atoms with Gasteiger partial charge in [-0.25, -0.2) is 0 Å². The third-order valence-corrected chi connectivity index (χ3v) is 5.03. The van der Waals surface area contributed by atoms with Gasteiger partial charge in [-0.15, -0.1) is 0 Å². The van der Waals surface area contributed by atoms with Gasteiger partial charge in [-0.1, -0.05) is 48.5 Å². The average Bonchev–Trinajstić information content (AvgIpc) is 2.61. The van der Waals surface area contributed by atoms with Gasteiger partial charge in [0.05, 0.1) is 5.69 Å². The van der Waals surface area contributed by atoms with Gasteiger partial charge in [-0.05, 0) is 58.2 Å². The highest BCUT2D eigenvalue weighted by molar-refractivity contribution is 9.10. The van der Waals surface area contributed by atoms with Crippen molar-refractivity contribution in [2.24, 2.45) is 0 Å². The van der Waals surface area contributed by atoms with Crippen LogP contribution < -0.4 is 10.6 Å². The molecule has 3 rings (SSSR count). The molecular formula is C21H22BrN2O+. The topological polar surface area (TPSA) is 45.7 Å². The van der Waals surface area contributed by atoms with E-state index in [4.69, 9.17) is 0 Å². The number of benzene rings is 3. The lowest BCUT2D eigenvalue weighted by Gasteiger charge is -2.14. The molecule has 0 fully saturated rings. The molecule has 1 atom stereocenters. The van der Waals surface area contributed by atoms with Crippen LogP contribution in [0.15, 0.2) is 65.1 Å². The van der Waals surface area contributed by atoms with Crippen molar-refractivity contribution in [3.63, 3.8) is 0 Å². The normalized spacial score (nSPS) is 12.1. The number of anilines is 1. The van der Waals surface area contributed by atoms with Gasteiger partial charge in [-0.2, -0.15) is 0 Å². The average molecular weight is 398 g/mol. The fourth-order valence-corrected chi connectivity index (χ4v) is 3.57. The molecule has 0 unspecified atom stereocenters.